The Morgan fingerprint density at radius 3 is 2.23 bits per heavy atom. The molecule has 0 spiro atoms. The van der Waals surface area contributed by atoms with E-state index in [-0.39, 0.29) is 30.8 Å². The SMILES string of the molecule is COc1cccc(CN(C(=O)CN(c2ccccc2C(C)C)S(C)(=O)=O)[C@@H](Cc2ccccc2)C(=O)NC2CCCC2)c1. The number of sulfonamides is 1. The molecular weight excluding hydrogens is 562 g/mol. The number of carbonyl (C=O) groups is 2. The molecular formula is C34H43N3O5S. The summed E-state index contributed by atoms with van der Waals surface area (Å²) in [5.41, 5.74) is 2.96. The highest BCUT2D eigenvalue weighted by Gasteiger charge is 2.34. The molecule has 0 aliphatic heterocycles. The molecule has 8 nitrogen and oxygen atoms in total. The van der Waals surface area contributed by atoms with E-state index < -0.39 is 28.5 Å². The second-order valence-corrected chi connectivity index (χ2v) is 13.5. The van der Waals surface area contributed by atoms with Crippen LogP contribution in [0.2, 0.25) is 0 Å². The molecule has 1 fully saturated rings. The molecule has 0 aromatic heterocycles. The van der Waals surface area contributed by atoms with Gasteiger partial charge in [-0.15, -0.1) is 0 Å². The van der Waals surface area contributed by atoms with Crippen molar-refractivity contribution < 1.29 is 22.7 Å². The third kappa shape index (κ3) is 8.60. The number of amides is 2. The largest absolute Gasteiger partial charge is 0.497 e. The summed E-state index contributed by atoms with van der Waals surface area (Å²) in [5, 5.41) is 3.19. The van der Waals surface area contributed by atoms with Crippen LogP contribution in [0.25, 0.3) is 0 Å². The van der Waals surface area contributed by atoms with Gasteiger partial charge in [0, 0.05) is 19.0 Å². The van der Waals surface area contributed by atoms with E-state index in [0.29, 0.717) is 11.4 Å². The standard InChI is InChI=1S/C34H43N3O5S/c1-25(2)30-19-10-11-20-31(30)37(43(4,40)41)24-33(38)36(23-27-15-12-18-29(21-27)42-3)32(22-26-13-6-5-7-14-26)34(39)35-28-16-8-9-17-28/h5-7,10-15,18-21,25,28,32H,8-9,16-17,22-24H2,1-4H3,(H,35,39)/t32-/m0/s1. The Bertz CT molecular complexity index is 1490. The number of benzene rings is 3. The van der Waals surface area contributed by atoms with Crippen LogP contribution in [0.1, 0.15) is 62.1 Å². The van der Waals surface area contributed by atoms with E-state index in [1.807, 2.05) is 80.6 Å². The predicted molar refractivity (Wildman–Crippen MR) is 171 cm³/mol. The molecule has 1 saturated carbocycles. The van der Waals surface area contributed by atoms with Gasteiger partial charge in [-0.05, 0) is 53.6 Å². The number of hydrogen-bond donors (Lipinski definition) is 1. The molecule has 2 amide bonds. The van der Waals surface area contributed by atoms with Gasteiger partial charge in [0.15, 0.2) is 0 Å². The van der Waals surface area contributed by atoms with Crippen LogP contribution in [-0.2, 0) is 32.6 Å². The zero-order valence-corrected chi connectivity index (χ0v) is 26.3. The second-order valence-electron chi connectivity index (χ2n) is 11.6. The van der Waals surface area contributed by atoms with E-state index in [9.17, 15) is 18.0 Å². The maximum absolute atomic E-state index is 14.4. The maximum Gasteiger partial charge on any atom is 0.244 e. The van der Waals surface area contributed by atoms with Crippen LogP contribution in [-0.4, -0.2) is 57.1 Å². The van der Waals surface area contributed by atoms with Crippen molar-refractivity contribution >= 4 is 27.5 Å². The van der Waals surface area contributed by atoms with Gasteiger partial charge < -0.3 is 15.0 Å². The number of methoxy groups -OCH3 is 1. The Labute approximate surface area is 256 Å². The van der Waals surface area contributed by atoms with Crippen molar-refractivity contribution in [3.8, 4) is 5.75 Å². The molecule has 1 N–H and O–H groups in total. The smallest absolute Gasteiger partial charge is 0.244 e. The van der Waals surface area contributed by atoms with E-state index in [1.165, 1.54) is 4.90 Å². The third-order valence-corrected chi connectivity index (χ3v) is 9.09. The topological polar surface area (TPSA) is 96.0 Å². The average molecular weight is 606 g/mol. The number of rotatable bonds is 13. The minimum atomic E-state index is -3.84. The lowest BCUT2D eigenvalue weighted by Gasteiger charge is -2.34. The lowest BCUT2D eigenvalue weighted by atomic mass is 10.0. The summed E-state index contributed by atoms with van der Waals surface area (Å²) in [6, 6.07) is 23.4. The summed E-state index contributed by atoms with van der Waals surface area (Å²) in [6.45, 7) is 3.64. The first-order valence-corrected chi connectivity index (χ1v) is 16.7. The predicted octanol–water partition coefficient (Wildman–Crippen LogP) is 5.28. The molecule has 3 aromatic carbocycles. The average Bonchev–Trinajstić information content (AvgIpc) is 3.50. The monoisotopic (exact) mass is 605 g/mol. The molecule has 4 rings (SSSR count). The van der Waals surface area contributed by atoms with Crippen molar-refractivity contribution in [1.29, 1.82) is 0 Å². The van der Waals surface area contributed by atoms with E-state index in [4.69, 9.17) is 4.74 Å². The number of nitrogens with zero attached hydrogens (tertiary/aromatic N) is 2. The highest BCUT2D eigenvalue weighted by molar-refractivity contribution is 7.92. The number of carbonyl (C=O) groups excluding carboxylic acids is 2. The van der Waals surface area contributed by atoms with Crippen molar-refractivity contribution in [1.82, 2.24) is 10.2 Å². The molecule has 0 heterocycles. The second kappa shape index (κ2) is 14.6. The number of anilines is 1. The van der Waals surface area contributed by atoms with Crippen LogP contribution in [0.5, 0.6) is 5.75 Å². The molecule has 0 bridgehead atoms. The van der Waals surface area contributed by atoms with Crippen molar-refractivity contribution in [2.45, 2.75) is 70.5 Å². The number of ether oxygens (including phenoxy) is 1. The van der Waals surface area contributed by atoms with E-state index in [0.717, 1.165) is 52.9 Å². The molecule has 0 radical (unpaired) electrons. The van der Waals surface area contributed by atoms with Gasteiger partial charge in [-0.25, -0.2) is 8.42 Å². The molecule has 3 aromatic rings. The third-order valence-electron chi connectivity index (χ3n) is 7.97. The Morgan fingerprint density at radius 1 is 0.930 bits per heavy atom. The first-order chi connectivity index (χ1) is 20.6. The summed E-state index contributed by atoms with van der Waals surface area (Å²) in [6.07, 6.45) is 5.32. The molecule has 0 unspecified atom stereocenters. The minimum Gasteiger partial charge on any atom is -0.497 e. The summed E-state index contributed by atoms with van der Waals surface area (Å²) in [4.78, 5) is 29.9. The van der Waals surface area contributed by atoms with Gasteiger partial charge in [-0.2, -0.15) is 0 Å². The zero-order valence-electron chi connectivity index (χ0n) is 25.5. The lowest BCUT2D eigenvalue weighted by Crippen LogP contribution is -2.54. The summed E-state index contributed by atoms with van der Waals surface area (Å²) >= 11 is 0. The zero-order chi connectivity index (χ0) is 31.0. The van der Waals surface area contributed by atoms with Crippen molar-refractivity contribution in [2.75, 3.05) is 24.2 Å². The molecule has 43 heavy (non-hydrogen) atoms. The highest BCUT2D eigenvalue weighted by atomic mass is 32.2. The van der Waals surface area contributed by atoms with Crippen molar-refractivity contribution in [3.63, 3.8) is 0 Å². The van der Waals surface area contributed by atoms with Crippen molar-refractivity contribution in [2.24, 2.45) is 0 Å². The normalized spacial score (nSPS) is 14.3. The van der Waals surface area contributed by atoms with Crippen LogP contribution in [0.4, 0.5) is 5.69 Å². The molecule has 9 heteroatoms. The van der Waals surface area contributed by atoms with Crippen LogP contribution in [0.3, 0.4) is 0 Å². The molecule has 1 aliphatic rings. The quantitative estimate of drug-likeness (QED) is 0.286. The van der Waals surface area contributed by atoms with Crippen LogP contribution >= 0.6 is 0 Å². The molecule has 0 saturated heterocycles. The van der Waals surface area contributed by atoms with Gasteiger partial charge in [0.05, 0.1) is 19.1 Å². The van der Waals surface area contributed by atoms with Gasteiger partial charge in [-0.3, -0.25) is 13.9 Å². The summed E-state index contributed by atoms with van der Waals surface area (Å²) < 4.78 is 33.0. The fourth-order valence-corrected chi connectivity index (χ4v) is 6.56. The van der Waals surface area contributed by atoms with E-state index in [2.05, 4.69) is 5.32 Å². The van der Waals surface area contributed by atoms with Gasteiger partial charge >= 0.3 is 0 Å². The van der Waals surface area contributed by atoms with E-state index in [1.54, 1.807) is 19.2 Å². The van der Waals surface area contributed by atoms with Crippen molar-refractivity contribution in [3.05, 3.63) is 95.6 Å². The Kier molecular flexibility index (Phi) is 10.9. The van der Waals surface area contributed by atoms with Crippen LogP contribution in [0, 0.1) is 0 Å². The Morgan fingerprint density at radius 2 is 1.58 bits per heavy atom. The fourth-order valence-electron chi connectivity index (χ4n) is 5.69. The van der Waals surface area contributed by atoms with E-state index >= 15 is 0 Å². The first kappa shape index (κ1) is 32.1. The summed E-state index contributed by atoms with van der Waals surface area (Å²) in [5.74, 6) is -0.0372. The number of nitrogens with one attached hydrogen (secondary N) is 1. The Balaban J connectivity index is 1.76. The number of hydrogen-bond acceptors (Lipinski definition) is 5. The molecule has 1 aliphatic carbocycles. The van der Waals surface area contributed by atoms with Gasteiger partial charge in [-0.1, -0.05) is 87.4 Å². The fraction of sp³-hybridized carbons (Fsp3) is 0.412. The van der Waals surface area contributed by atoms with Crippen LogP contribution in [0.15, 0.2) is 78.9 Å². The number of para-hydroxylation sites is 1. The Hall–Kier alpha value is -3.85. The van der Waals surface area contributed by atoms with Gasteiger partial charge in [0.2, 0.25) is 21.8 Å². The first-order valence-electron chi connectivity index (χ1n) is 14.9. The molecule has 230 valence electrons. The van der Waals surface area contributed by atoms with Crippen LogP contribution < -0.4 is 14.4 Å². The summed E-state index contributed by atoms with van der Waals surface area (Å²) in [7, 11) is -2.27. The van der Waals surface area contributed by atoms with Gasteiger partial charge in [0.1, 0.15) is 18.3 Å². The molecule has 1 atom stereocenters. The minimum absolute atomic E-state index is 0.0338. The van der Waals surface area contributed by atoms with Gasteiger partial charge in [0.25, 0.3) is 0 Å². The highest BCUT2D eigenvalue weighted by Crippen LogP contribution is 2.30. The lowest BCUT2D eigenvalue weighted by molar-refractivity contribution is -0.140. The maximum atomic E-state index is 14.4.